The molecule has 0 N–H and O–H groups in total. The van der Waals surface area contributed by atoms with Crippen molar-refractivity contribution >= 4 is 11.6 Å². The number of halogens is 1. The molecule has 0 saturated carbocycles. The molecule has 0 unspecified atom stereocenters. The summed E-state index contributed by atoms with van der Waals surface area (Å²) in [5.41, 5.74) is 0. The maximum Gasteiger partial charge on any atom is 0.0593 e. The Bertz CT molecular complexity index is 111. The Balaban J connectivity index is 3.40. The second kappa shape index (κ2) is 11.3. The number of hydrogen-bond acceptors (Lipinski definition) is 2. The highest BCUT2D eigenvalue weighted by Crippen LogP contribution is 1.96. The minimum absolute atomic E-state index is 0.720. The molecule has 0 heterocycles. The number of alkyl halides is 1. The lowest BCUT2D eigenvalue weighted by atomic mass is 10.3. The van der Waals surface area contributed by atoms with Gasteiger partial charge in [-0.2, -0.15) is 0 Å². The van der Waals surface area contributed by atoms with Gasteiger partial charge in [0.05, 0.1) is 6.61 Å². The van der Waals surface area contributed by atoms with Gasteiger partial charge in [-0.05, 0) is 19.4 Å². The van der Waals surface area contributed by atoms with Crippen LogP contribution in [0.1, 0.15) is 33.1 Å². The van der Waals surface area contributed by atoms with E-state index >= 15 is 0 Å². The van der Waals surface area contributed by atoms with Crippen LogP contribution < -0.4 is 0 Å². The van der Waals surface area contributed by atoms with Crippen molar-refractivity contribution in [3.8, 4) is 0 Å². The lowest BCUT2D eigenvalue weighted by Gasteiger charge is -2.20. The highest BCUT2D eigenvalue weighted by molar-refractivity contribution is 6.18. The number of rotatable bonds is 10. The van der Waals surface area contributed by atoms with Gasteiger partial charge in [-0.1, -0.05) is 20.3 Å². The van der Waals surface area contributed by atoms with Crippen molar-refractivity contribution in [3.63, 3.8) is 0 Å². The molecule has 0 aromatic carbocycles. The summed E-state index contributed by atoms with van der Waals surface area (Å²) in [6.07, 6.45) is 3.60. The first-order valence-corrected chi connectivity index (χ1v) is 6.24. The van der Waals surface area contributed by atoms with Gasteiger partial charge in [-0.25, -0.2) is 0 Å². The third-order valence-corrected chi connectivity index (χ3v) is 2.30. The van der Waals surface area contributed by atoms with Crippen molar-refractivity contribution in [2.24, 2.45) is 0 Å². The molecule has 0 aliphatic rings. The SMILES string of the molecule is CCCCN(CCCl)CCOCCC. The van der Waals surface area contributed by atoms with Crippen LogP contribution in [-0.4, -0.2) is 43.6 Å². The molecule has 14 heavy (non-hydrogen) atoms. The Labute approximate surface area is 93.6 Å². The number of hydrogen-bond donors (Lipinski definition) is 0. The molecule has 0 atom stereocenters. The van der Waals surface area contributed by atoms with E-state index in [1.54, 1.807) is 0 Å². The zero-order valence-electron chi connectivity index (χ0n) is 9.60. The van der Waals surface area contributed by atoms with Gasteiger partial charge < -0.3 is 4.74 Å². The van der Waals surface area contributed by atoms with E-state index in [1.807, 2.05) is 0 Å². The number of nitrogens with zero attached hydrogens (tertiary/aromatic N) is 1. The van der Waals surface area contributed by atoms with Gasteiger partial charge in [0.2, 0.25) is 0 Å². The maximum absolute atomic E-state index is 5.73. The van der Waals surface area contributed by atoms with E-state index in [1.165, 1.54) is 12.8 Å². The molecular formula is C11H24ClNO. The summed E-state index contributed by atoms with van der Waals surface area (Å²) in [5.74, 6) is 0.720. The Morgan fingerprint density at radius 2 is 1.79 bits per heavy atom. The average molecular weight is 222 g/mol. The summed E-state index contributed by atoms with van der Waals surface area (Å²) in [5, 5.41) is 0. The monoisotopic (exact) mass is 221 g/mol. The molecule has 0 radical (unpaired) electrons. The highest BCUT2D eigenvalue weighted by Gasteiger charge is 2.02. The van der Waals surface area contributed by atoms with Gasteiger partial charge in [0.1, 0.15) is 0 Å². The van der Waals surface area contributed by atoms with Crippen LogP contribution in [0.3, 0.4) is 0 Å². The second-order valence-electron chi connectivity index (χ2n) is 3.50. The summed E-state index contributed by atoms with van der Waals surface area (Å²) >= 11 is 5.73. The zero-order chi connectivity index (χ0) is 10.6. The molecule has 3 heteroatoms. The van der Waals surface area contributed by atoms with Crippen LogP contribution in [0.25, 0.3) is 0 Å². The van der Waals surface area contributed by atoms with E-state index < -0.39 is 0 Å². The van der Waals surface area contributed by atoms with Gasteiger partial charge in [0.15, 0.2) is 0 Å². The molecule has 0 saturated heterocycles. The quantitative estimate of drug-likeness (QED) is 0.416. The summed E-state index contributed by atoms with van der Waals surface area (Å²) in [6, 6.07) is 0. The molecule has 0 aliphatic carbocycles. The first-order valence-electron chi connectivity index (χ1n) is 5.71. The smallest absolute Gasteiger partial charge is 0.0593 e. The molecule has 0 amide bonds. The Morgan fingerprint density at radius 1 is 1.00 bits per heavy atom. The molecule has 0 aromatic heterocycles. The number of ether oxygens (including phenoxy) is 1. The Hall–Kier alpha value is 0.210. The van der Waals surface area contributed by atoms with Crippen molar-refractivity contribution in [1.29, 1.82) is 0 Å². The van der Waals surface area contributed by atoms with E-state index in [-0.39, 0.29) is 0 Å². The van der Waals surface area contributed by atoms with Crippen molar-refractivity contribution in [2.75, 3.05) is 38.7 Å². The van der Waals surface area contributed by atoms with Crippen LogP contribution in [0.5, 0.6) is 0 Å². The van der Waals surface area contributed by atoms with E-state index in [0.717, 1.165) is 45.1 Å². The largest absolute Gasteiger partial charge is 0.380 e. The van der Waals surface area contributed by atoms with Crippen LogP contribution in [-0.2, 0) is 4.74 Å². The predicted molar refractivity (Wildman–Crippen MR) is 63.2 cm³/mol. The lowest BCUT2D eigenvalue weighted by molar-refractivity contribution is 0.105. The molecule has 86 valence electrons. The molecule has 0 aromatic rings. The lowest BCUT2D eigenvalue weighted by Crippen LogP contribution is -2.30. The highest BCUT2D eigenvalue weighted by atomic mass is 35.5. The maximum atomic E-state index is 5.73. The minimum Gasteiger partial charge on any atom is -0.380 e. The topological polar surface area (TPSA) is 12.5 Å². The van der Waals surface area contributed by atoms with Crippen molar-refractivity contribution in [2.45, 2.75) is 33.1 Å². The normalized spacial score (nSPS) is 11.1. The molecule has 0 aliphatic heterocycles. The van der Waals surface area contributed by atoms with Crippen LogP contribution in [0, 0.1) is 0 Å². The summed E-state index contributed by atoms with van der Waals surface area (Å²) in [4.78, 5) is 2.38. The van der Waals surface area contributed by atoms with E-state index in [9.17, 15) is 0 Å². The van der Waals surface area contributed by atoms with Gasteiger partial charge in [-0.3, -0.25) is 4.90 Å². The van der Waals surface area contributed by atoms with E-state index in [2.05, 4.69) is 18.7 Å². The average Bonchev–Trinajstić information content (AvgIpc) is 2.20. The third kappa shape index (κ3) is 8.79. The Kier molecular flexibility index (Phi) is 11.5. The van der Waals surface area contributed by atoms with E-state index in [0.29, 0.717) is 0 Å². The van der Waals surface area contributed by atoms with Crippen LogP contribution >= 0.6 is 11.6 Å². The zero-order valence-corrected chi connectivity index (χ0v) is 10.4. The van der Waals surface area contributed by atoms with Crippen molar-refractivity contribution in [3.05, 3.63) is 0 Å². The number of unbranched alkanes of at least 4 members (excludes halogenated alkanes) is 1. The fourth-order valence-corrected chi connectivity index (χ4v) is 1.52. The van der Waals surface area contributed by atoms with Crippen LogP contribution in [0.4, 0.5) is 0 Å². The van der Waals surface area contributed by atoms with E-state index in [4.69, 9.17) is 16.3 Å². The van der Waals surface area contributed by atoms with Gasteiger partial charge in [0, 0.05) is 25.6 Å². The molecule has 0 bridgehead atoms. The van der Waals surface area contributed by atoms with Crippen LogP contribution in [0.2, 0.25) is 0 Å². The predicted octanol–water partition coefficient (Wildman–Crippen LogP) is 2.75. The molecule has 0 rings (SSSR count). The molecule has 0 fully saturated rings. The van der Waals surface area contributed by atoms with Crippen LogP contribution in [0.15, 0.2) is 0 Å². The van der Waals surface area contributed by atoms with Crippen molar-refractivity contribution < 1.29 is 4.74 Å². The molecule has 0 spiro atoms. The first kappa shape index (κ1) is 14.2. The fourth-order valence-electron chi connectivity index (χ4n) is 1.28. The first-order chi connectivity index (χ1) is 6.85. The Morgan fingerprint density at radius 3 is 2.36 bits per heavy atom. The second-order valence-corrected chi connectivity index (χ2v) is 3.87. The van der Waals surface area contributed by atoms with Crippen molar-refractivity contribution in [1.82, 2.24) is 4.90 Å². The van der Waals surface area contributed by atoms with Gasteiger partial charge in [0.25, 0.3) is 0 Å². The summed E-state index contributed by atoms with van der Waals surface area (Å²) in [7, 11) is 0. The third-order valence-electron chi connectivity index (χ3n) is 2.13. The molecule has 2 nitrogen and oxygen atoms in total. The summed E-state index contributed by atoms with van der Waals surface area (Å²) < 4.78 is 5.45. The van der Waals surface area contributed by atoms with Gasteiger partial charge >= 0.3 is 0 Å². The fraction of sp³-hybridized carbons (Fsp3) is 1.00. The minimum atomic E-state index is 0.720. The van der Waals surface area contributed by atoms with Gasteiger partial charge in [-0.15, -0.1) is 11.6 Å². The summed E-state index contributed by atoms with van der Waals surface area (Å²) in [6.45, 7) is 9.22. The molecular weight excluding hydrogens is 198 g/mol. The standard InChI is InChI=1S/C11H24ClNO/c1-3-5-7-13(8-6-12)9-11-14-10-4-2/h3-11H2,1-2H3.